The summed E-state index contributed by atoms with van der Waals surface area (Å²) in [7, 11) is 1.60. The molecule has 0 saturated carbocycles. The van der Waals surface area contributed by atoms with Gasteiger partial charge in [-0.15, -0.1) is 0 Å². The highest BCUT2D eigenvalue weighted by Crippen LogP contribution is 1.99. The van der Waals surface area contributed by atoms with Crippen LogP contribution in [0.25, 0.3) is 0 Å². The largest absolute Gasteiger partial charge is 0.481 e. The lowest BCUT2D eigenvalue weighted by Gasteiger charge is -2.26. The Labute approximate surface area is 95.1 Å². The predicted molar refractivity (Wildman–Crippen MR) is 57.8 cm³/mol. The van der Waals surface area contributed by atoms with E-state index in [9.17, 15) is 9.59 Å². The number of amides is 2. The maximum absolute atomic E-state index is 11.7. The molecule has 0 heterocycles. The number of nitriles is 1. The molecule has 0 saturated heterocycles. The normalized spacial score (nSPS) is 9.31. The summed E-state index contributed by atoms with van der Waals surface area (Å²) in [4.78, 5) is 25.0. The summed E-state index contributed by atoms with van der Waals surface area (Å²) in [5.74, 6) is -0.925. The van der Waals surface area contributed by atoms with E-state index < -0.39 is 5.97 Å². The van der Waals surface area contributed by atoms with Gasteiger partial charge < -0.3 is 14.9 Å². The van der Waals surface area contributed by atoms with Crippen molar-refractivity contribution >= 4 is 12.0 Å². The van der Waals surface area contributed by atoms with E-state index in [-0.39, 0.29) is 25.4 Å². The number of carbonyl (C=O) groups excluding carboxylic acids is 1. The van der Waals surface area contributed by atoms with Crippen LogP contribution in [0.2, 0.25) is 0 Å². The van der Waals surface area contributed by atoms with E-state index in [1.807, 2.05) is 6.07 Å². The van der Waals surface area contributed by atoms with E-state index in [0.29, 0.717) is 13.1 Å². The van der Waals surface area contributed by atoms with Crippen LogP contribution in [0.4, 0.5) is 4.79 Å². The Morgan fingerprint density at radius 2 is 2.00 bits per heavy atom. The van der Waals surface area contributed by atoms with Gasteiger partial charge >= 0.3 is 12.0 Å². The molecule has 0 radical (unpaired) electrons. The van der Waals surface area contributed by atoms with Crippen molar-refractivity contribution in [2.75, 3.05) is 26.7 Å². The lowest BCUT2D eigenvalue weighted by molar-refractivity contribution is -0.137. The first kappa shape index (κ1) is 14.2. The lowest BCUT2D eigenvalue weighted by atomic mass is 10.4. The van der Waals surface area contributed by atoms with Gasteiger partial charge in [0.05, 0.1) is 18.9 Å². The summed E-state index contributed by atoms with van der Waals surface area (Å²) in [5.41, 5.74) is 0. The van der Waals surface area contributed by atoms with Crippen molar-refractivity contribution in [2.45, 2.75) is 19.8 Å². The topological polar surface area (TPSA) is 84.6 Å². The first-order valence-electron chi connectivity index (χ1n) is 5.11. The number of carboxylic acid groups (broad SMARTS) is 1. The molecule has 0 spiro atoms. The van der Waals surface area contributed by atoms with Crippen LogP contribution in [0.5, 0.6) is 0 Å². The molecule has 0 aromatic heterocycles. The molecule has 2 amide bonds. The van der Waals surface area contributed by atoms with Crippen LogP contribution < -0.4 is 0 Å². The van der Waals surface area contributed by atoms with Crippen LogP contribution in [-0.4, -0.2) is 53.6 Å². The summed E-state index contributed by atoms with van der Waals surface area (Å²) in [5, 5.41) is 16.9. The van der Waals surface area contributed by atoms with Gasteiger partial charge in [0.1, 0.15) is 0 Å². The van der Waals surface area contributed by atoms with Crippen molar-refractivity contribution in [3.63, 3.8) is 0 Å². The molecule has 0 aromatic carbocycles. The quantitative estimate of drug-likeness (QED) is 0.725. The Bertz CT molecular complexity index is 286. The summed E-state index contributed by atoms with van der Waals surface area (Å²) >= 11 is 0. The van der Waals surface area contributed by atoms with E-state index in [2.05, 4.69) is 0 Å². The molecule has 0 fully saturated rings. The first-order chi connectivity index (χ1) is 7.52. The third-order valence-electron chi connectivity index (χ3n) is 2.13. The van der Waals surface area contributed by atoms with Crippen LogP contribution in [0.1, 0.15) is 19.8 Å². The molecule has 0 aliphatic heterocycles. The second-order valence-corrected chi connectivity index (χ2v) is 3.34. The molecule has 6 heteroatoms. The minimum Gasteiger partial charge on any atom is -0.481 e. The number of rotatable bonds is 6. The molecule has 90 valence electrons. The smallest absolute Gasteiger partial charge is 0.319 e. The summed E-state index contributed by atoms with van der Waals surface area (Å²) < 4.78 is 0. The Morgan fingerprint density at radius 1 is 1.38 bits per heavy atom. The van der Waals surface area contributed by atoms with Crippen molar-refractivity contribution < 1.29 is 14.7 Å². The molecule has 16 heavy (non-hydrogen) atoms. The number of nitrogens with zero attached hydrogens (tertiary/aromatic N) is 3. The van der Waals surface area contributed by atoms with Gasteiger partial charge in [0.25, 0.3) is 0 Å². The fourth-order valence-corrected chi connectivity index (χ4v) is 1.17. The Morgan fingerprint density at radius 3 is 2.44 bits per heavy atom. The van der Waals surface area contributed by atoms with E-state index in [1.54, 1.807) is 14.0 Å². The Balaban J connectivity index is 4.19. The van der Waals surface area contributed by atoms with Crippen LogP contribution in [0, 0.1) is 11.3 Å². The summed E-state index contributed by atoms with van der Waals surface area (Å²) in [6.07, 6.45) is 0.213. The molecule has 0 aromatic rings. The number of aliphatic carboxylic acids is 1. The van der Waals surface area contributed by atoms with Crippen molar-refractivity contribution in [1.82, 2.24) is 9.80 Å². The first-order valence-corrected chi connectivity index (χ1v) is 5.11. The van der Waals surface area contributed by atoms with Gasteiger partial charge in [-0.1, -0.05) is 0 Å². The van der Waals surface area contributed by atoms with Gasteiger partial charge in [0.15, 0.2) is 0 Å². The number of carboxylic acids is 1. The van der Waals surface area contributed by atoms with Gasteiger partial charge in [-0.2, -0.15) is 5.26 Å². The van der Waals surface area contributed by atoms with Gasteiger partial charge in [0, 0.05) is 26.7 Å². The fourth-order valence-electron chi connectivity index (χ4n) is 1.17. The third-order valence-corrected chi connectivity index (χ3v) is 2.13. The second kappa shape index (κ2) is 7.51. The van der Waals surface area contributed by atoms with Crippen LogP contribution in [-0.2, 0) is 4.79 Å². The molecular weight excluding hydrogens is 210 g/mol. The lowest BCUT2D eigenvalue weighted by Crippen LogP contribution is -2.42. The second-order valence-electron chi connectivity index (χ2n) is 3.34. The molecule has 0 unspecified atom stereocenters. The zero-order chi connectivity index (χ0) is 12.6. The van der Waals surface area contributed by atoms with Crippen LogP contribution in [0.15, 0.2) is 0 Å². The van der Waals surface area contributed by atoms with E-state index in [1.165, 1.54) is 9.80 Å². The van der Waals surface area contributed by atoms with E-state index >= 15 is 0 Å². The highest BCUT2D eigenvalue weighted by molar-refractivity contribution is 5.75. The molecular formula is C10H17N3O3. The molecule has 0 bridgehead atoms. The Hall–Kier alpha value is -1.77. The predicted octanol–water partition coefficient (Wildman–Crippen LogP) is 0.748. The minimum absolute atomic E-state index is 0.0638. The van der Waals surface area contributed by atoms with Crippen LogP contribution in [0.3, 0.4) is 0 Å². The number of carbonyl (C=O) groups is 2. The molecule has 0 atom stereocenters. The van der Waals surface area contributed by atoms with Crippen molar-refractivity contribution in [1.29, 1.82) is 5.26 Å². The number of hydrogen-bond donors (Lipinski definition) is 1. The summed E-state index contributed by atoms with van der Waals surface area (Å²) in [6.45, 7) is 2.81. The number of hydrogen-bond acceptors (Lipinski definition) is 3. The molecule has 1 N–H and O–H groups in total. The van der Waals surface area contributed by atoms with Crippen LogP contribution >= 0.6 is 0 Å². The standard InChI is InChI=1S/C10H17N3O3/c1-3-13(8-5-9(14)15)10(16)12(2)7-4-6-11/h3-5,7-8H2,1-2H3,(H,14,15). The highest BCUT2D eigenvalue weighted by atomic mass is 16.4. The highest BCUT2D eigenvalue weighted by Gasteiger charge is 2.16. The van der Waals surface area contributed by atoms with Gasteiger partial charge in [-0.25, -0.2) is 4.79 Å². The molecule has 0 aliphatic rings. The van der Waals surface area contributed by atoms with Gasteiger partial charge in [-0.05, 0) is 6.92 Å². The van der Waals surface area contributed by atoms with Gasteiger partial charge in [0.2, 0.25) is 0 Å². The van der Waals surface area contributed by atoms with Crippen molar-refractivity contribution in [3.05, 3.63) is 0 Å². The average Bonchev–Trinajstić information content (AvgIpc) is 2.25. The minimum atomic E-state index is -0.925. The molecule has 0 rings (SSSR count). The van der Waals surface area contributed by atoms with E-state index in [0.717, 1.165) is 0 Å². The third kappa shape index (κ3) is 5.20. The van der Waals surface area contributed by atoms with Crippen molar-refractivity contribution in [2.24, 2.45) is 0 Å². The monoisotopic (exact) mass is 227 g/mol. The van der Waals surface area contributed by atoms with Crippen molar-refractivity contribution in [3.8, 4) is 6.07 Å². The maximum atomic E-state index is 11.7. The zero-order valence-electron chi connectivity index (χ0n) is 9.64. The Kier molecular flexibility index (Phi) is 6.68. The zero-order valence-corrected chi connectivity index (χ0v) is 9.64. The maximum Gasteiger partial charge on any atom is 0.319 e. The number of urea groups is 1. The average molecular weight is 227 g/mol. The van der Waals surface area contributed by atoms with E-state index in [4.69, 9.17) is 10.4 Å². The van der Waals surface area contributed by atoms with Gasteiger partial charge in [-0.3, -0.25) is 4.79 Å². The summed E-state index contributed by atoms with van der Waals surface area (Å²) in [6, 6.07) is 1.72. The SMILES string of the molecule is CCN(CCC(=O)O)C(=O)N(C)CCC#N. The fraction of sp³-hybridized carbons (Fsp3) is 0.700. The molecule has 6 nitrogen and oxygen atoms in total. The molecule has 0 aliphatic carbocycles.